The van der Waals surface area contributed by atoms with Crippen molar-refractivity contribution in [2.24, 2.45) is 0 Å². The van der Waals surface area contributed by atoms with Gasteiger partial charge in [0, 0.05) is 10.9 Å². The molecule has 0 fully saturated rings. The van der Waals surface area contributed by atoms with Gasteiger partial charge in [0.25, 0.3) is 6.43 Å². The number of hydrogen-bond acceptors (Lipinski definition) is 2. The zero-order valence-electron chi connectivity index (χ0n) is 7.23. The van der Waals surface area contributed by atoms with Crippen LogP contribution in [0.2, 0.25) is 0 Å². The van der Waals surface area contributed by atoms with Crippen molar-refractivity contribution >= 4 is 38.5 Å². The number of hydrogen-bond donors (Lipinski definition) is 0. The van der Waals surface area contributed by atoms with Gasteiger partial charge in [-0.05, 0) is 28.7 Å². The molecule has 1 heterocycles. The van der Waals surface area contributed by atoms with Gasteiger partial charge in [-0.1, -0.05) is 15.9 Å². The van der Waals surface area contributed by atoms with Gasteiger partial charge in [0.15, 0.2) is 0 Å². The van der Waals surface area contributed by atoms with Crippen LogP contribution >= 0.6 is 38.5 Å². The third-order valence-corrected chi connectivity index (χ3v) is 3.23. The number of methoxy groups -OCH3 is 1. The predicted molar refractivity (Wildman–Crippen MR) is 61.1 cm³/mol. The second-order valence-corrected chi connectivity index (χ2v) is 4.10. The summed E-state index contributed by atoms with van der Waals surface area (Å²) in [7, 11) is 1.41. The molecule has 0 aromatic carbocycles. The Morgan fingerprint density at radius 1 is 1.64 bits per heavy atom. The first kappa shape index (κ1) is 12.1. The Labute approximate surface area is 102 Å². The fourth-order valence-electron chi connectivity index (χ4n) is 0.941. The average molecular weight is 378 g/mol. The molecule has 0 unspecified atom stereocenters. The molecule has 2 nitrogen and oxygen atoms in total. The zero-order chi connectivity index (χ0) is 10.7. The maximum atomic E-state index is 12.6. The predicted octanol–water partition coefficient (Wildman–Crippen LogP) is 3.53. The molecule has 0 atom stereocenters. The highest BCUT2D eigenvalue weighted by molar-refractivity contribution is 14.1. The number of aromatic nitrogens is 1. The molecule has 0 saturated carbocycles. The van der Waals surface area contributed by atoms with Gasteiger partial charge in [-0.3, -0.25) is 0 Å². The highest BCUT2D eigenvalue weighted by atomic mass is 127. The lowest BCUT2D eigenvalue weighted by Crippen LogP contribution is -2.00. The molecule has 0 spiro atoms. The van der Waals surface area contributed by atoms with Crippen molar-refractivity contribution in [3.05, 3.63) is 20.9 Å². The maximum absolute atomic E-state index is 12.6. The minimum atomic E-state index is -2.50. The van der Waals surface area contributed by atoms with Gasteiger partial charge < -0.3 is 4.74 Å². The molecule has 78 valence electrons. The van der Waals surface area contributed by atoms with Gasteiger partial charge in [0.1, 0.15) is 0 Å². The van der Waals surface area contributed by atoms with Crippen molar-refractivity contribution in [3.8, 4) is 5.88 Å². The van der Waals surface area contributed by atoms with Crippen LogP contribution in [0.1, 0.15) is 17.7 Å². The van der Waals surface area contributed by atoms with E-state index in [1.54, 1.807) is 22.6 Å². The molecule has 1 rings (SSSR count). The van der Waals surface area contributed by atoms with E-state index in [1.807, 2.05) is 0 Å². The summed E-state index contributed by atoms with van der Waals surface area (Å²) < 4.78 is 30.4. The molecule has 0 saturated heterocycles. The van der Waals surface area contributed by atoms with Crippen LogP contribution in [0, 0.1) is 3.57 Å². The van der Waals surface area contributed by atoms with Gasteiger partial charge in [0.2, 0.25) is 5.88 Å². The summed E-state index contributed by atoms with van der Waals surface area (Å²) in [6.45, 7) is 0. The number of ether oxygens (including phenoxy) is 1. The standard InChI is InChI=1S/C8H7BrF2INO/c1-14-8-6(12)5(7(10)11)2-4(3-9)13-8/h2,7H,3H2,1H3. The van der Waals surface area contributed by atoms with E-state index in [0.29, 0.717) is 14.6 Å². The minimum absolute atomic E-state index is 0.0353. The Morgan fingerprint density at radius 2 is 2.29 bits per heavy atom. The second kappa shape index (κ2) is 5.20. The summed E-state index contributed by atoms with van der Waals surface area (Å²) in [5, 5.41) is 0.431. The quantitative estimate of drug-likeness (QED) is 0.594. The van der Waals surface area contributed by atoms with Crippen LogP contribution in [-0.4, -0.2) is 12.1 Å². The van der Waals surface area contributed by atoms with Crippen LogP contribution in [-0.2, 0) is 5.33 Å². The number of pyridine rings is 1. The van der Waals surface area contributed by atoms with Crippen LogP contribution in [0.5, 0.6) is 5.88 Å². The summed E-state index contributed by atoms with van der Waals surface area (Å²) in [6, 6.07) is 1.38. The summed E-state index contributed by atoms with van der Waals surface area (Å²) in [5.41, 5.74) is 0.504. The number of nitrogens with zero attached hydrogens (tertiary/aromatic N) is 1. The fourth-order valence-corrected chi connectivity index (χ4v) is 1.96. The van der Waals surface area contributed by atoms with E-state index >= 15 is 0 Å². The van der Waals surface area contributed by atoms with E-state index in [4.69, 9.17) is 4.74 Å². The first-order valence-electron chi connectivity index (χ1n) is 3.67. The summed E-state index contributed by atoms with van der Waals surface area (Å²) in [4.78, 5) is 4.04. The van der Waals surface area contributed by atoms with Crippen LogP contribution in [0.25, 0.3) is 0 Å². The monoisotopic (exact) mass is 377 g/mol. The molecule has 0 N–H and O–H groups in total. The molecule has 1 aromatic rings. The number of rotatable bonds is 3. The van der Waals surface area contributed by atoms with Crippen molar-refractivity contribution in [3.63, 3.8) is 0 Å². The first-order chi connectivity index (χ1) is 6.60. The van der Waals surface area contributed by atoms with Gasteiger partial charge in [0.05, 0.1) is 16.4 Å². The number of alkyl halides is 3. The lowest BCUT2D eigenvalue weighted by atomic mass is 10.2. The molecule has 0 aliphatic rings. The van der Waals surface area contributed by atoms with Crippen LogP contribution in [0.15, 0.2) is 6.07 Å². The third-order valence-electron chi connectivity index (χ3n) is 1.57. The molecule has 0 amide bonds. The summed E-state index contributed by atoms with van der Waals surface area (Å²) in [6.07, 6.45) is -2.50. The fraction of sp³-hybridized carbons (Fsp3) is 0.375. The Bertz CT molecular complexity index is 335. The van der Waals surface area contributed by atoms with Gasteiger partial charge >= 0.3 is 0 Å². The number of halogens is 4. The van der Waals surface area contributed by atoms with Crippen LogP contribution < -0.4 is 4.74 Å². The van der Waals surface area contributed by atoms with Crippen molar-refractivity contribution in [1.29, 1.82) is 0 Å². The summed E-state index contributed by atoms with van der Waals surface area (Å²) >= 11 is 4.97. The van der Waals surface area contributed by atoms with Crippen LogP contribution in [0.3, 0.4) is 0 Å². The second-order valence-electron chi connectivity index (χ2n) is 2.46. The lowest BCUT2D eigenvalue weighted by Gasteiger charge is -2.09. The molecular weight excluding hydrogens is 371 g/mol. The molecule has 14 heavy (non-hydrogen) atoms. The summed E-state index contributed by atoms with van der Waals surface area (Å²) in [5.74, 6) is 0.248. The lowest BCUT2D eigenvalue weighted by molar-refractivity contribution is 0.149. The smallest absolute Gasteiger partial charge is 0.265 e. The SMILES string of the molecule is COc1nc(CBr)cc(C(F)F)c1I. The Morgan fingerprint density at radius 3 is 2.71 bits per heavy atom. The van der Waals surface area contributed by atoms with E-state index < -0.39 is 6.43 Å². The van der Waals surface area contributed by atoms with E-state index in [-0.39, 0.29) is 11.4 Å². The van der Waals surface area contributed by atoms with Crippen molar-refractivity contribution in [2.45, 2.75) is 11.8 Å². The largest absolute Gasteiger partial charge is 0.480 e. The van der Waals surface area contributed by atoms with E-state index in [0.717, 1.165) is 0 Å². The van der Waals surface area contributed by atoms with E-state index in [2.05, 4.69) is 20.9 Å². The third kappa shape index (κ3) is 2.53. The Hall–Kier alpha value is 0.0200. The average Bonchev–Trinajstić information content (AvgIpc) is 2.17. The molecule has 0 aliphatic heterocycles. The molecule has 0 radical (unpaired) electrons. The van der Waals surface area contributed by atoms with Gasteiger partial charge in [-0.25, -0.2) is 13.8 Å². The van der Waals surface area contributed by atoms with Gasteiger partial charge in [-0.15, -0.1) is 0 Å². The van der Waals surface area contributed by atoms with Crippen LogP contribution in [0.4, 0.5) is 8.78 Å². The zero-order valence-corrected chi connectivity index (χ0v) is 11.0. The molecular formula is C8H7BrF2INO. The van der Waals surface area contributed by atoms with E-state index in [1.165, 1.54) is 13.2 Å². The highest BCUT2D eigenvalue weighted by Crippen LogP contribution is 2.30. The maximum Gasteiger partial charge on any atom is 0.265 e. The first-order valence-corrected chi connectivity index (χ1v) is 5.87. The highest BCUT2D eigenvalue weighted by Gasteiger charge is 2.17. The van der Waals surface area contributed by atoms with Crippen molar-refractivity contribution in [1.82, 2.24) is 4.98 Å². The van der Waals surface area contributed by atoms with Crippen molar-refractivity contribution in [2.75, 3.05) is 7.11 Å². The van der Waals surface area contributed by atoms with E-state index in [9.17, 15) is 8.78 Å². The molecule has 0 aliphatic carbocycles. The molecule has 1 aromatic heterocycles. The molecule has 6 heteroatoms. The Kier molecular flexibility index (Phi) is 4.49. The Balaban J connectivity index is 3.27. The topological polar surface area (TPSA) is 22.1 Å². The molecule has 0 bridgehead atoms. The normalized spacial score (nSPS) is 10.7. The van der Waals surface area contributed by atoms with Crippen molar-refractivity contribution < 1.29 is 13.5 Å². The van der Waals surface area contributed by atoms with Gasteiger partial charge in [-0.2, -0.15) is 0 Å². The minimum Gasteiger partial charge on any atom is -0.480 e.